The molecule has 1 aromatic heterocycles. The molecule has 0 saturated heterocycles. The number of nitrogens with zero attached hydrogens (tertiary/aromatic N) is 2. The van der Waals surface area contributed by atoms with Crippen molar-refractivity contribution in [1.29, 1.82) is 0 Å². The van der Waals surface area contributed by atoms with Crippen LogP contribution in [0, 0.1) is 5.82 Å². The molecule has 5 nitrogen and oxygen atoms in total. The van der Waals surface area contributed by atoms with Gasteiger partial charge in [0.25, 0.3) is 0 Å². The van der Waals surface area contributed by atoms with Gasteiger partial charge >= 0.3 is 0 Å². The zero-order chi connectivity index (χ0) is 15.1. The number of rotatable bonds is 7. The summed E-state index contributed by atoms with van der Waals surface area (Å²) < 4.78 is 24.1. The van der Waals surface area contributed by atoms with Crippen LogP contribution in [0.15, 0.2) is 30.3 Å². The van der Waals surface area contributed by atoms with Crippen molar-refractivity contribution in [2.45, 2.75) is 20.5 Å². The molecule has 112 valence electrons. The van der Waals surface area contributed by atoms with Gasteiger partial charge in [-0.05, 0) is 26.0 Å². The van der Waals surface area contributed by atoms with Gasteiger partial charge in [0, 0.05) is 25.3 Å². The van der Waals surface area contributed by atoms with Crippen LogP contribution in [-0.4, -0.2) is 23.1 Å². The molecule has 1 heterocycles. The van der Waals surface area contributed by atoms with Crippen LogP contribution in [0.5, 0.6) is 11.6 Å². The van der Waals surface area contributed by atoms with Crippen molar-refractivity contribution in [1.82, 2.24) is 9.97 Å². The normalized spacial score (nSPS) is 10.4. The molecule has 0 aliphatic heterocycles. The Morgan fingerprint density at radius 3 is 2.76 bits per heavy atom. The van der Waals surface area contributed by atoms with E-state index in [-0.39, 0.29) is 5.82 Å². The van der Waals surface area contributed by atoms with Crippen LogP contribution in [0.3, 0.4) is 0 Å². The van der Waals surface area contributed by atoms with Crippen LogP contribution < -0.4 is 10.1 Å². The van der Waals surface area contributed by atoms with Crippen molar-refractivity contribution in [2.24, 2.45) is 0 Å². The van der Waals surface area contributed by atoms with Gasteiger partial charge in [-0.1, -0.05) is 6.07 Å². The first kappa shape index (κ1) is 15.2. The number of anilines is 1. The van der Waals surface area contributed by atoms with Crippen LogP contribution in [0.4, 0.5) is 10.2 Å². The largest absolute Gasteiger partial charge is 0.439 e. The lowest BCUT2D eigenvalue weighted by molar-refractivity contribution is 0.128. The fourth-order valence-electron chi connectivity index (χ4n) is 1.71. The van der Waals surface area contributed by atoms with Gasteiger partial charge in [-0.25, -0.2) is 9.37 Å². The van der Waals surface area contributed by atoms with Crippen molar-refractivity contribution in [2.75, 3.05) is 18.5 Å². The van der Waals surface area contributed by atoms with Crippen molar-refractivity contribution in [3.63, 3.8) is 0 Å². The minimum atomic E-state index is -0.358. The van der Waals surface area contributed by atoms with Gasteiger partial charge in [0.05, 0.1) is 0 Å². The van der Waals surface area contributed by atoms with Crippen LogP contribution in [-0.2, 0) is 11.3 Å². The highest BCUT2D eigenvalue weighted by Gasteiger charge is 2.07. The molecule has 0 radical (unpaired) electrons. The molecule has 0 atom stereocenters. The van der Waals surface area contributed by atoms with Gasteiger partial charge in [0.2, 0.25) is 5.88 Å². The number of ether oxygens (including phenoxy) is 2. The summed E-state index contributed by atoms with van der Waals surface area (Å²) in [6.45, 7) is 5.48. The second kappa shape index (κ2) is 7.54. The Balaban J connectivity index is 2.22. The molecule has 1 N–H and O–H groups in total. The standard InChI is InChI=1S/C15H18FN3O2/c1-3-17-13-9-15(19-14(18-13)10-20-4-2)21-12-7-5-6-11(16)8-12/h5-9H,3-4,10H2,1-2H3,(H,17,18,19). The summed E-state index contributed by atoms with van der Waals surface area (Å²) in [5, 5.41) is 3.10. The smallest absolute Gasteiger partial charge is 0.224 e. The van der Waals surface area contributed by atoms with Crippen molar-refractivity contribution >= 4 is 5.82 Å². The lowest BCUT2D eigenvalue weighted by atomic mass is 10.3. The summed E-state index contributed by atoms with van der Waals surface area (Å²) in [5.74, 6) is 1.54. The number of benzene rings is 1. The molecule has 0 saturated carbocycles. The maximum absolute atomic E-state index is 13.2. The molecule has 6 heteroatoms. The maximum atomic E-state index is 13.2. The second-order valence-corrected chi connectivity index (χ2v) is 4.23. The van der Waals surface area contributed by atoms with E-state index in [0.717, 1.165) is 6.54 Å². The predicted octanol–water partition coefficient (Wildman–Crippen LogP) is 3.38. The average Bonchev–Trinajstić information content (AvgIpc) is 2.45. The van der Waals surface area contributed by atoms with E-state index < -0.39 is 0 Å². The maximum Gasteiger partial charge on any atom is 0.224 e. The van der Waals surface area contributed by atoms with E-state index in [1.807, 2.05) is 13.8 Å². The first-order chi connectivity index (χ1) is 10.2. The topological polar surface area (TPSA) is 56.3 Å². The molecule has 0 aliphatic rings. The predicted molar refractivity (Wildman–Crippen MR) is 78.0 cm³/mol. The minimum absolute atomic E-state index is 0.301. The van der Waals surface area contributed by atoms with Gasteiger partial charge < -0.3 is 14.8 Å². The van der Waals surface area contributed by atoms with Crippen LogP contribution in [0.1, 0.15) is 19.7 Å². The molecule has 0 unspecified atom stereocenters. The van der Waals surface area contributed by atoms with Crippen molar-refractivity contribution in [3.8, 4) is 11.6 Å². The number of aromatic nitrogens is 2. The van der Waals surface area contributed by atoms with E-state index in [0.29, 0.717) is 36.5 Å². The van der Waals surface area contributed by atoms with Gasteiger partial charge in [-0.3, -0.25) is 0 Å². The van der Waals surface area contributed by atoms with E-state index >= 15 is 0 Å². The van der Waals surface area contributed by atoms with E-state index in [9.17, 15) is 4.39 Å². The summed E-state index contributed by atoms with van der Waals surface area (Å²) in [7, 11) is 0. The highest BCUT2D eigenvalue weighted by Crippen LogP contribution is 2.22. The van der Waals surface area contributed by atoms with Crippen molar-refractivity contribution < 1.29 is 13.9 Å². The van der Waals surface area contributed by atoms with E-state index in [1.54, 1.807) is 18.2 Å². The summed E-state index contributed by atoms with van der Waals surface area (Å²) >= 11 is 0. The zero-order valence-electron chi connectivity index (χ0n) is 12.1. The van der Waals surface area contributed by atoms with E-state index in [4.69, 9.17) is 9.47 Å². The molecule has 2 aromatic rings. The van der Waals surface area contributed by atoms with Crippen LogP contribution in [0.25, 0.3) is 0 Å². The molecule has 0 bridgehead atoms. The van der Waals surface area contributed by atoms with Crippen LogP contribution >= 0.6 is 0 Å². The lowest BCUT2D eigenvalue weighted by Crippen LogP contribution is -2.06. The fraction of sp³-hybridized carbons (Fsp3) is 0.333. The zero-order valence-corrected chi connectivity index (χ0v) is 12.1. The summed E-state index contributed by atoms with van der Waals surface area (Å²) in [5.41, 5.74) is 0. The molecule has 2 rings (SSSR count). The van der Waals surface area contributed by atoms with Gasteiger partial charge in [0.15, 0.2) is 5.82 Å². The van der Waals surface area contributed by atoms with Crippen molar-refractivity contribution in [3.05, 3.63) is 42.0 Å². The molecule has 0 amide bonds. The monoisotopic (exact) mass is 291 g/mol. The molecule has 21 heavy (non-hydrogen) atoms. The molecule has 0 aliphatic carbocycles. The minimum Gasteiger partial charge on any atom is -0.439 e. The molecular formula is C15H18FN3O2. The SMILES string of the molecule is CCNc1cc(Oc2cccc(F)c2)nc(COCC)n1. The summed E-state index contributed by atoms with van der Waals surface area (Å²) in [4.78, 5) is 8.58. The Kier molecular flexibility index (Phi) is 5.45. The second-order valence-electron chi connectivity index (χ2n) is 4.23. The Morgan fingerprint density at radius 1 is 1.19 bits per heavy atom. The Bertz CT molecular complexity index is 593. The highest BCUT2D eigenvalue weighted by atomic mass is 19.1. The number of nitrogens with one attached hydrogen (secondary N) is 1. The first-order valence-corrected chi connectivity index (χ1v) is 6.84. The number of halogens is 1. The van der Waals surface area contributed by atoms with E-state index in [2.05, 4.69) is 15.3 Å². The van der Waals surface area contributed by atoms with Gasteiger partial charge in [-0.15, -0.1) is 0 Å². The molecular weight excluding hydrogens is 273 g/mol. The van der Waals surface area contributed by atoms with E-state index in [1.165, 1.54) is 12.1 Å². The molecule has 0 spiro atoms. The number of hydrogen-bond acceptors (Lipinski definition) is 5. The highest BCUT2D eigenvalue weighted by molar-refractivity contribution is 5.40. The number of hydrogen-bond donors (Lipinski definition) is 1. The summed E-state index contributed by atoms with van der Waals surface area (Å²) in [6, 6.07) is 7.58. The van der Waals surface area contributed by atoms with Gasteiger partial charge in [-0.2, -0.15) is 4.98 Å². The summed E-state index contributed by atoms with van der Waals surface area (Å²) in [6.07, 6.45) is 0. The average molecular weight is 291 g/mol. The third kappa shape index (κ3) is 4.68. The van der Waals surface area contributed by atoms with Crippen LogP contribution in [0.2, 0.25) is 0 Å². The molecule has 1 aromatic carbocycles. The third-order valence-corrected chi connectivity index (χ3v) is 2.56. The Morgan fingerprint density at radius 2 is 2.05 bits per heavy atom. The Labute approximate surface area is 123 Å². The Hall–Kier alpha value is -2.21. The molecule has 0 fully saturated rings. The lowest BCUT2D eigenvalue weighted by Gasteiger charge is -2.10. The quantitative estimate of drug-likeness (QED) is 0.847. The third-order valence-electron chi connectivity index (χ3n) is 2.56. The van der Waals surface area contributed by atoms with Gasteiger partial charge in [0.1, 0.15) is 24.0 Å². The first-order valence-electron chi connectivity index (χ1n) is 6.84. The fourth-order valence-corrected chi connectivity index (χ4v) is 1.71.